The molecule has 1 aliphatic heterocycles. The number of rotatable bonds is 5. The van der Waals surface area contributed by atoms with Crippen molar-refractivity contribution in [3.05, 3.63) is 47.3 Å². The van der Waals surface area contributed by atoms with Crippen LogP contribution < -0.4 is 4.74 Å². The molecule has 4 rings (SSSR count). The molecular formula is C20H25N3O2. The lowest BCUT2D eigenvalue weighted by Gasteiger charge is -2.32. The summed E-state index contributed by atoms with van der Waals surface area (Å²) in [6.07, 6.45) is 4.35. The molecule has 1 aromatic carbocycles. The number of amides is 1. The fourth-order valence-corrected chi connectivity index (χ4v) is 3.71. The van der Waals surface area contributed by atoms with Crippen LogP contribution in [0.1, 0.15) is 66.2 Å². The molecule has 5 nitrogen and oxygen atoms in total. The van der Waals surface area contributed by atoms with Crippen molar-refractivity contribution in [2.75, 3.05) is 19.7 Å². The fraction of sp³-hybridized carbons (Fsp3) is 0.500. The number of H-pyrrole nitrogens is 1. The number of aromatic amines is 1. The molecule has 1 amide bonds. The molecule has 1 saturated carbocycles. The Balaban J connectivity index is 1.40. The third-order valence-electron chi connectivity index (χ3n) is 5.27. The summed E-state index contributed by atoms with van der Waals surface area (Å²) in [5.74, 6) is 2.08. The number of piperidine rings is 1. The minimum atomic E-state index is 0.0553. The molecule has 2 fully saturated rings. The SMILES string of the molecule is CCOc1ccccc1C1CCN(C(=O)c2cc(C3CC3)[nH]n2)CC1. The second kappa shape index (κ2) is 6.90. The zero-order valence-corrected chi connectivity index (χ0v) is 14.7. The first-order valence-corrected chi connectivity index (χ1v) is 9.32. The quantitative estimate of drug-likeness (QED) is 0.903. The van der Waals surface area contributed by atoms with Gasteiger partial charge in [0.05, 0.1) is 6.61 Å². The number of likely N-dealkylation sites (tertiary alicyclic amines) is 1. The number of carbonyl (C=O) groups excluding carboxylic acids is 1. The smallest absolute Gasteiger partial charge is 0.274 e. The molecule has 0 spiro atoms. The summed E-state index contributed by atoms with van der Waals surface area (Å²) in [4.78, 5) is 14.6. The van der Waals surface area contributed by atoms with Gasteiger partial charge in [0.15, 0.2) is 0 Å². The lowest BCUT2D eigenvalue weighted by Crippen LogP contribution is -2.38. The van der Waals surface area contributed by atoms with Crippen LogP contribution in [0.5, 0.6) is 5.75 Å². The highest BCUT2D eigenvalue weighted by Crippen LogP contribution is 2.39. The minimum absolute atomic E-state index is 0.0553. The van der Waals surface area contributed by atoms with Crippen LogP contribution in [0.25, 0.3) is 0 Å². The van der Waals surface area contributed by atoms with E-state index in [4.69, 9.17) is 4.74 Å². The molecule has 1 saturated heterocycles. The van der Waals surface area contributed by atoms with Crippen molar-refractivity contribution in [2.45, 2.75) is 44.4 Å². The molecule has 0 unspecified atom stereocenters. The summed E-state index contributed by atoms with van der Waals surface area (Å²) < 4.78 is 5.77. The predicted octanol–water partition coefficient (Wildman–Crippen LogP) is 3.71. The zero-order valence-electron chi connectivity index (χ0n) is 14.7. The normalized spacial score (nSPS) is 18.4. The Kier molecular flexibility index (Phi) is 4.47. The van der Waals surface area contributed by atoms with Crippen LogP contribution >= 0.6 is 0 Å². The zero-order chi connectivity index (χ0) is 17.2. The maximum absolute atomic E-state index is 12.7. The summed E-state index contributed by atoms with van der Waals surface area (Å²) >= 11 is 0. The minimum Gasteiger partial charge on any atom is -0.494 e. The Morgan fingerprint density at radius 2 is 1.96 bits per heavy atom. The van der Waals surface area contributed by atoms with Crippen LogP contribution in [-0.2, 0) is 0 Å². The Morgan fingerprint density at radius 3 is 2.68 bits per heavy atom. The first-order valence-electron chi connectivity index (χ1n) is 9.32. The summed E-state index contributed by atoms with van der Waals surface area (Å²) in [7, 11) is 0. The van der Waals surface area contributed by atoms with E-state index in [1.54, 1.807) is 0 Å². The van der Waals surface area contributed by atoms with Gasteiger partial charge in [-0.3, -0.25) is 9.89 Å². The third-order valence-corrected chi connectivity index (χ3v) is 5.27. The number of hydrogen-bond acceptors (Lipinski definition) is 3. The number of para-hydroxylation sites is 1. The van der Waals surface area contributed by atoms with Gasteiger partial charge in [-0.25, -0.2) is 0 Å². The van der Waals surface area contributed by atoms with Crippen molar-refractivity contribution in [2.24, 2.45) is 0 Å². The topological polar surface area (TPSA) is 58.2 Å². The van der Waals surface area contributed by atoms with Crippen molar-refractivity contribution in [1.82, 2.24) is 15.1 Å². The Bertz CT molecular complexity index is 743. The molecule has 2 heterocycles. The lowest BCUT2D eigenvalue weighted by atomic mass is 9.88. The molecule has 25 heavy (non-hydrogen) atoms. The summed E-state index contributed by atoms with van der Waals surface area (Å²) in [6.45, 7) is 4.24. The number of benzene rings is 1. The molecule has 0 radical (unpaired) electrons. The van der Waals surface area contributed by atoms with Gasteiger partial charge in [0.1, 0.15) is 11.4 Å². The first-order chi connectivity index (χ1) is 12.3. The van der Waals surface area contributed by atoms with Gasteiger partial charge >= 0.3 is 0 Å². The Labute approximate surface area is 148 Å². The largest absolute Gasteiger partial charge is 0.494 e. The monoisotopic (exact) mass is 339 g/mol. The van der Waals surface area contributed by atoms with Crippen molar-refractivity contribution >= 4 is 5.91 Å². The van der Waals surface area contributed by atoms with Crippen LogP contribution in [0.2, 0.25) is 0 Å². The van der Waals surface area contributed by atoms with Gasteiger partial charge in [0.25, 0.3) is 5.91 Å². The molecule has 2 aromatic rings. The van der Waals surface area contributed by atoms with E-state index in [0.717, 1.165) is 37.4 Å². The van der Waals surface area contributed by atoms with Crippen LogP contribution in [0.3, 0.4) is 0 Å². The maximum Gasteiger partial charge on any atom is 0.274 e. The number of ether oxygens (including phenoxy) is 1. The van der Waals surface area contributed by atoms with E-state index < -0.39 is 0 Å². The molecule has 1 N–H and O–H groups in total. The lowest BCUT2D eigenvalue weighted by molar-refractivity contribution is 0.0706. The van der Waals surface area contributed by atoms with Gasteiger partial charge < -0.3 is 9.64 Å². The highest BCUT2D eigenvalue weighted by Gasteiger charge is 2.30. The van der Waals surface area contributed by atoms with Crippen molar-refractivity contribution < 1.29 is 9.53 Å². The second-order valence-electron chi connectivity index (χ2n) is 7.02. The summed E-state index contributed by atoms with van der Waals surface area (Å²) in [5.41, 5.74) is 2.95. The Morgan fingerprint density at radius 1 is 1.20 bits per heavy atom. The molecule has 132 valence electrons. The number of aromatic nitrogens is 2. The van der Waals surface area contributed by atoms with E-state index in [1.165, 1.54) is 18.4 Å². The average Bonchev–Trinajstić information content (AvgIpc) is 3.39. The predicted molar refractivity (Wildman–Crippen MR) is 96.1 cm³/mol. The van der Waals surface area contributed by atoms with Crippen LogP contribution in [0, 0.1) is 0 Å². The molecular weight excluding hydrogens is 314 g/mol. The molecule has 1 aromatic heterocycles. The summed E-state index contributed by atoms with van der Waals surface area (Å²) in [6, 6.07) is 10.2. The molecule has 0 bridgehead atoms. The number of nitrogens with one attached hydrogen (secondary N) is 1. The van der Waals surface area contributed by atoms with Gasteiger partial charge in [-0.2, -0.15) is 5.10 Å². The standard InChI is InChI=1S/C20H25N3O2/c1-2-25-19-6-4-3-5-16(19)14-9-11-23(12-10-14)20(24)18-13-17(21-22-18)15-7-8-15/h3-6,13-15H,2,7-12H2,1H3,(H,21,22). The van der Waals surface area contributed by atoms with Gasteiger partial charge in [-0.1, -0.05) is 18.2 Å². The average molecular weight is 339 g/mol. The van der Waals surface area contributed by atoms with Crippen LogP contribution in [0.4, 0.5) is 0 Å². The number of carbonyl (C=O) groups is 1. The van der Waals surface area contributed by atoms with Crippen LogP contribution in [0.15, 0.2) is 30.3 Å². The van der Waals surface area contributed by atoms with E-state index >= 15 is 0 Å². The highest BCUT2D eigenvalue weighted by molar-refractivity contribution is 5.92. The Hall–Kier alpha value is -2.30. The molecule has 1 aliphatic carbocycles. The van der Waals surface area contributed by atoms with E-state index in [1.807, 2.05) is 30.0 Å². The maximum atomic E-state index is 12.7. The van der Waals surface area contributed by atoms with Crippen molar-refractivity contribution in [3.63, 3.8) is 0 Å². The van der Waals surface area contributed by atoms with E-state index in [-0.39, 0.29) is 5.91 Å². The molecule has 5 heteroatoms. The molecule has 2 aliphatic rings. The second-order valence-corrected chi connectivity index (χ2v) is 7.02. The van der Waals surface area contributed by atoms with Crippen LogP contribution in [-0.4, -0.2) is 40.7 Å². The van der Waals surface area contributed by atoms with Gasteiger partial charge in [-0.15, -0.1) is 0 Å². The number of nitrogens with zero attached hydrogens (tertiary/aromatic N) is 2. The third kappa shape index (κ3) is 3.41. The number of hydrogen-bond donors (Lipinski definition) is 1. The van der Waals surface area contributed by atoms with Gasteiger partial charge in [0, 0.05) is 24.7 Å². The van der Waals surface area contributed by atoms with Crippen molar-refractivity contribution in [3.8, 4) is 5.75 Å². The highest BCUT2D eigenvalue weighted by atomic mass is 16.5. The summed E-state index contributed by atoms with van der Waals surface area (Å²) in [5, 5.41) is 7.26. The van der Waals surface area contributed by atoms with Gasteiger partial charge in [0.2, 0.25) is 0 Å². The first kappa shape index (κ1) is 16.2. The molecule has 0 atom stereocenters. The van der Waals surface area contributed by atoms with Crippen molar-refractivity contribution in [1.29, 1.82) is 0 Å². The van der Waals surface area contributed by atoms with E-state index in [0.29, 0.717) is 24.1 Å². The fourth-order valence-electron chi connectivity index (χ4n) is 3.71. The van der Waals surface area contributed by atoms with E-state index in [9.17, 15) is 4.79 Å². The van der Waals surface area contributed by atoms with E-state index in [2.05, 4.69) is 22.3 Å². The van der Waals surface area contributed by atoms with Gasteiger partial charge in [-0.05, 0) is 56.2 Å².